The molecule has 0 saturated heterocycles. The normalized spacial score (nSPS) is 10.0. The second kappa shape index (κ2) is 4.61. The molecule has 0 spiro atoms. The SMILES string of the molecule is CC(=O)Nc1c(C(=O)O)cc(F)c(Br)c1C. The zero-order valence-corrected chi connectivity index (χ0v) is 10.2. The second-order valence-electron chi connectivity index (χ2n) is 3.21. The van der Waals surface area contributed by atoms with Crippen LogP contribution >= 0.6 is 15.9 Å². The molecular formula is C10H9BrFNO3. The van der Waals surface area contributed by atoms with Crippen molar-refractivity contribution in [2.45, 2.75) is 13.8 Å². The maximum absolute atomic E-state index is 13.3. The molecule has 2 N–H and O–H groups in total. The number of halogens is 2. The van der Waals surface area contributed by atoms with E-state index in [4.69, 9.17) is 5.11 Å². The highest BCUT2D eigenvalue weighted by molar-refractivity contribution is 9.10. The molecule has 0 fully saturated rings. The fraction of sp³-hybridized carbons (Fsp3) is 0.200. The number of benzene rings is 1. The molecule has 86 valence electrons. The monoisotopic (exact) mass is 289 g/mol. The first-order chi connectivity index (χ1) is 7.34. The lowest BCUT2D eigenvalue weighted by Crippen LogP contribution is -2.13. The molecule has 0 atom stereocenters. The van der Waals surface area contributed by atoms with Gasteiger partial charge >= 0.3 is 5.97 Å². The first-order valence-corrected chi connectivity index (χ1v) is 5.13. The van der Waals surface area contributed by atoms with Crippen molar-refractivity contribution in [2.24, 2.45) is 0 Å². The maximum atomic E-state index is 13.3. The minimum Gasteiger partial charge on any atom is -0.478 e. The van der Waals surface area contributed by atoms with Crippen molar-refractivity contribution in [2.75, 3.05) is 5.32 Å². The number of rotatable bonds is 2. The van der Waals surface area contributed by atoms with Crippen molar-refractivity contribution >= 4 is 33.5 Å². The molecule has 0 saturated carbocycles. The fourth-order valence-corrected chi connectivity index (χ4v) is 1.57. The highest BCUT2D eigenvalue weighted by atomic mass is 79.9. The third kappa shape index (κ3) is 2.38. The van der Waals surface area contributed by atoms with E-state index < -0.39 is 17.7 Å². The van der Waals surface area contributed by atoms with Gasteiger partial charge in [-0.05, 0) is 34.5 Å². The van der Waals surface area contributed by atoms with Gasteiger partial charge in [-0.2, -0.15) is 0 Å². The van der Waals surface area contributed by atoms with Gasteiger partial charge in [-0.15, -0.1) is 0 Å². The summed E-state index contributed by atoms with van der Waals surface area (Å²) < 4.78 is 13.4. The minimum absolute atomic E-state index is 0.105. The molecule has 0 aliphatic heterocycles. The molecule has 16 heavy (non-hydrogen) atoms. The Morgan fingerprint density at radius 3 is 2.50 bits per heavy atom. The van der Waals surface area contributed by atoms with Crippen LogP contribution in [0, 0.1) is 12.7 Å². The van der Waals surface area contributed by atoms with Crippen molar-refractivity contribution in [3.8, 4) is 0 Å². The Morgan fingerprint density at radius 1 is 1.50 bits per heavy atom. The second-order valence-corrected chi connectivity index (χ2v) is 4.00. The van der Waals surface area contributed by atoms with Crippen LogP contribution in [0.25, 0.3) is 0 Å². The molecule has 0 aromatic heterocycles. The number of hydrogen-bond acceptors (Lipinski definition) is 2. The largest absolute Gasteiger partial charge is 0.478 e. The summed E-state index contributed by atoms with van der Waals surface area (Å²) in [6, 6.07) is 0.866. The highest BCUT2D eigenvalue weighted by Gasteiger charge is 2.18. The quantitative estimate of drug-likeness (QED) is 0.879. The molecule has 1 amide bonds. The lowest BCUT2D eigenvalue weighted by atomic mass is 10.1. The van der Waals surface area contributed by atoms with E-state index in [0.29, 0.717) is 5.56 Å². The number of anilines is 1. The standard InChI is InChI=1S/C10H9BrFNO3/c1-4-8(11)7(12)3-6(10(15)16)9(4)13-5(2)14/h3H,1-2H3,(H,13,14)(H,15,16). The van der Waals surface area contributed by atoms with Crippen molar-refractivity contribution in [3.63, 3.8) is 0 Å². The average Bonchev–Trinajstić information content (AvgIpc) is 2.17. The van der Waals surface area contributed by atoms with Crippen LogP contribution in [0.4, 0.5) is 10.1 Å². The van der Waals surface area contributed by atoms with E-state index in [1.165, 1.54) is 13.8 Å². The van der Waals surface area contributed by atoms with E-state index in [0.717, 1.165) is 6.07 Å². The Kier molecular flexibility index (Phi) is 3.64. The topological polar surface area (TPSA) is 66.4 Å². The molecule has 4 nitrogen and oxygen atoms in total. The van der Waals surface area contributed by atoms with Gasteiger partial charge in [-0.3, -0.25) is 4.79 Å². The number of nitrogens with one attached hydrogen (secondary N) is 1. The zero-order valence-electron chi connectivity index (χ0n) is 8.60. The molecule has 6 heteroatoms. The summed E-state index contributed by atoms with van der Waals surface area (Å²) in [5.74, 6) is -2.38. The fourth-order valence-electron chi connectivity index (χ4n) is 1.26. The van der Waals surface area contributed by atoms with Gasteiger partial charge in [-0.25, -0.2) is 9.18 Å². The summed E-state index contributed by atoms with van der Waals surface area (Å²) >= 11 is 2.98. The number of amides is 1. The summed E-state index contributed by atoms with van der Waals surface area (Å²) in [5, 5.41) is 11.3. The van der Waals surface area contributed by atoms with E-state index in [9.17, 15) is 14.0 Å². The minimum atomic E-state index is -1.29. The molecule has 0 radical (unpaired) electrons. The van der Waals surface area contributed by atoms with E-state index in [2.05, 4.69) is 21.2 Å². The third-order valence-electron chi connectivity index (χ3n) is 1.99. The Balaban J connectivity index is 3.47. The molecule has 0 bridgehead atoms. The Labute approximate surface area is 99.6 Å². The first-order valence-electron chi connectivity index (χ1n) is 4.34. The Bertz CT molecular complexity index is 474. The average molecular weight is 290 g/mol. The summed E-state index contributed by atoms with van der Waals surface area (Å²) in [4.78, 5) is 21.8. The number of carbonyl (C=O) groups excluding carboxylic acids is 1. The predicted octanol–water partition coefficient (Wildman–Crippen LogP) is 2.55. The molecule has 1 aromatic rings. The van der Waals surface area contributed by atoms with Crippen molar-refractivity contribution in [3.05, 3.63) is 27.5 Å². The summed E-state index contributed by atoms with van der Waals surface area (Å²) in [7, 11) is 0. The number of aromatic carboxylic acids is 1. The van der Waals surface area contributed by atoms with Gasteiger partial charge in [0.05, 0.1) is 15.7 Å². The van der Waals surface area contributed by atoms with Crippen LogP contribution < -0.4 is 5.32 Å². The third-order valence-corrected chi connectivity index (χ3v) is 2.96. The predicted molar refractivity (Wildman–Crippen MR) is 60.1 cm³/mol. The maximum Gasteiger partial charge on any atom is 0.337 e. The van der Waals surface area contributed by atoms with Crippen molar-refractivity contribution < 1.29 is 19.1 Å². The van der Waals surface area contributed by atoms with Gasteiger partial charge in [-0.1, -0.05) is 0 Å². The Hall–Kier alpha value is -1.43. The van der Waals surface area contributed by atoms with Gasteiger partial charge < -0.3 is 10.4 Å². The van der Waals surface area contributed by atoms with Crippen molar-refractivity contribution in [1.82, 2.24) is 0 Å². The van der Waals surface area contributed by atoms with Gasteiger partial charge in [0.25, 0.3) is 0 Å². The van der Waals surface area contributed by atoms with E-state index in [1.807, 2.05) is 0 Å². The smallest absolute Gasteiger partial charge is 0.337 e. The van der Waals surface area contributed by atoms with E-state index >= 15 is 0 Å². The number of carbonyl (C=O) groups is 2. The molecule has 1 aromatic carbocycles. The van der Waals surface area contributed by atoms with Crippen LogP contribution in [0.2, 0.25) is 0 Å². The Morgan fingerprint density at radius 2 is 2.06 bits per heavy atom. The molecule has 0 aliphatic carbocycles. The van der Waals surface area contributed by atoms with E-state index in [-0.39, 0.29) is 15.7 Å². The van der Waals surface area contributed by atoms with Gasteiger partial charge in [0.15, 0.2) is 0 Å². The van der Waals surface area contributed by atoms with Crippen LogP contribution in [0.1, 0.15) is 22.8 Å². The van der Waals surface area contributed by atoms with E-state index in [1.54, 1.807) is 0 Å². The molecule has 0 heterocycles. The van der Waals surface area contributed by atoms with Crippen LogP contribution in [0.3, 0.4) is 0 Å². The zero-order chi connectivity index (χ0) is 12.5. The lowest BCUT2D eigenvalue weighted by Gasteiger charge is -2.12. The number of carboxylic acids is 1. The molecule has 0 aliphatic rings. The number of carboxylic acid groups (broad SMARTS) is 1. The summed E-state index contributed by atoms with van der Waals surface area (Å²) in [6.45, 7) is 2.77. The van der Waals surface area contributed by atoms with Crippen LogP contribution in [-0.4, -0.2) is 17.0 Å². The summed E-state index contributed by atoms with van der Waals surface area (Å²) in [6.07, 6.45) is 0. The van der Waals surface area contributed by atoms with Gasteiger partial charge in [0, 0.05) is 6.92 Å². The van der Waals surface area contributed by atoms with Gasteiger partial charge in [0.2, 0.25) is 5.91 Å². The summed E-state index contributed by atoms with van der Waals surface area (Å²) in [5.41, 5.74) is 0.175. The lowest BCUT2D eigenvalue weighted by molar-refractivity contribution is -0.114. The number of hydrogen-bond donors (Lipinski definition) is 2. The molecular weight excluding hydrogens is 281 g/mol. The molecule has 1 rings (SSSR count). The van der Waals surface area contributed by atoms with Crippen molar-refractivity contribution in [1.29, 1.82) is 0 Å². The van der Waals surface area contributed by atoms with Gasteiger partial charge in [0.1, 0.15) is 5.82 Å². The molecule has 0 unspecified atom stereocenters. The highest BCUT2D eigenvalue weighted by Crippen LogP contribution is 2.30. The van der Waals surface area contributed by atoms with Crippen LogP contribution in [0.15, 0.2) is 10.5 Å². The van der Waals surface area contributed by atoms with Crippen LogP contribution in [-0.2, 0) is 4.79 Å². The van der Waals surface area contributed by atoms with Crippen LogP contribution in [0.5, 0.6) is 0 Å². The first kappa shape index (κ1) is 12.6.